The topological polar surface area (TPSA) is 66.0 Å². The first-order chi connectivity index (χ1) is 7.31. The molecule has 0 amide bonds. The van der Waals surface area contributed by atoms with E-state index in [9.17, 15) is 0 Å². The van der Waals surface area contributed by atoms with Gasteiger partial charge in [0.1, 0.15) is 12.2 Å². The van der Waals surface area contributed by atoms with Crippen LogP contribution in [0.15, 0.2) is 6.33 Å². The Balaban J connectivity index is 1.95. The van der Waals surface area contributed by atoms with Crippen LogP contribution in [0.4, 0.5) is 0 Å². The molecule has 0 saturated carbocycles. The van der Waals surface area contributed by atoms with Crippen molar-refractivity contribution in [2.75, 3.05) is 6.61 Å². The molecule has 0 aliphatic carbocycles. The zero-order chi connectivity index (χ0) is 10.7. The fourth-order valence-electron chi connectivity index (χ4n) is 1.99. The van der Waals surface area contributed by atoms with Gasteiger partial charge in [-0.3, -0.25) is 4.68 Å². The van der Waals surface area contributed by atoms with E-state index in [-0.39, 0.29) is 12.1 Å². The van der Waals surface area contributed by atoms with E-state index in [1.54, 1.807) is 6.33 Å². The highest BCUT2D eigenvalue weighted by Crippen LogP contribution is 2.16. The SMILES string of the molecule is CCn1ncnc1CC(N)C1CCCO1. The van der Waals surface area contributed by atoms with Gasteiger partial charge in [0.05, 0.1) is 6.10 Å². The Morgan fingerprint density at radius 2 is 2.60 bits per heavy atom. The van der Waals surface area contributed by atoms with Crippen molar-refractivity contribution >= 4 is 0 Å². The molecule has 1 aromatic heterocycles. The van der Waals surface area contributed by atoms with Crippen LogP contribution in [0.2, 0.25) is 0 Å². The second-order valence-electron chi connectivity index (χ2n) is 3.91. The minimum Gasteiger partial charge on any atom is -0.377 e. The van der Waals surface area contributed by atoms with Crippen molar-refractivity contribution in [2.24, 2.45) is 5.73 Å². The van der Waals surface area contributed by atoms with Crippen LogP contribution in [0, 0.1) is 0 Å². The molecule has 0 bridgehead atoms. The van der Waals surface area contributed by atoms with Crippen LogP contribution >= 0.6 is 0 Å². The lowest BCUT2D eigenvalue weighted by Gasteiger charge is -2.17. The molecule has 1 fully saturated rings. The lowest BCUT2D eigenvalue weighted by molar-refractivity contribution is 0.0891. The number of aryl methyl sites for hydroxylation is 1. The number of rotatable bonds is 4. The molecule has 2 atom stereocenters. The third-order valence-electron chi connectivity index (χ3n) is 2.86. The van der Waals surface area contributed by atoms with Crippen LogP contribution in [-0.2, 0) is 17.7 Å². The maximum Gasteiger partial charge on any atom is 0.138 e. The zero-order valence-electron chi connectivity index (χ0n) is 9.09. The summed E-state index contributed by atoms with van der Waals surface area (Å²) in [5, 5.41) is 4.12. The monoisotopic (exact) mass is 210 g/mol. The number of aromatic nitrogens is 3. The molecule has 5 nitrogen and oxygen atoms in total. The molecule has 1 aliphatic rings. The maximum atomic E-state index is 6.09. The molecule has 2 unspecified atom stereocenters. The predicted octanol–water partition coefficient (Wildman–Crippen LogP) is 0.347. The first kappa shape index (κ1) is 10.6. The number of nitrogens with two attached hydrogens (primary N) is 1. The van der Waals surface area contributed by atoms with Crippen molar-refractivity contribution in [3.63, 3.8) is 0 Å². The van der Waals surface area contributed by atoms with Gasteiger partial charge in [-0.25, -0.2) is 4.98 Å². The standard InChI is InChI=1S/C10H18N4O/c1-2-14-10(12-7-13-14)6-8(11)9-4-3-5-15-9/h7-9H,2-6,11H2,1H3. The zero-order valence-corrected chi connectivity index (χ0v) is 9.09. The van der Waals surface area contributed by atoms with Crippen LogP contribution in [0.25, 0.3) is 0 Å². The summed E-state index contributed by atoms with van der Waals surface area (Å²) in [5.41, 5.74) is 6.09. The lowest BCUT2D eigenvalue weighted by Crippen LogP contribution is -2.37. The van der Waals surface area contributed by atoms with Crippen LogP contribution in [-0.4, -0.2) is 33.5 Å². The molecule has 0 spiro atoms. The number of hydrogen-bond acceptors (Lipinski definition) is 4. The summed E-state index contributed by atoms with van der Waals surface area (Å²) in [6, 6.07) is 0.0435. The van der Waals surface area contributed by atoms with Gasteiger partial charge in [-0.15, -0.1) is 0 Å². The van der Waals surface area contributed by atoms with Gasteiger partial charge in [0, 0.05) is 25.6 Å². The summed E-state index contributed by atoms with van der Waals surface area (Å²) in [4.78, 5) is 4.21. The fraction of sp³-hybridized carbons (Fsp3) is 0.800. The second kappa shape index (κ2) is 4.72. The lowest BCUT2D eigenvalue weighted by atomic mass is 10.1. The van der Waals surface area contributed by atoms with Crippen molar-refractivity contribution in [3.8, 4) is 0 Å². The summed E-state index contributed by atoms with van der Waals surface area (Å²) in [6.07, 6.45) is 4.73. The van der Waals surface area contributed by atoms with Gasteiger partial charge in [0.15, 0.2) is 0 Å². The van der Waals surface area contributed by atoms with Crippen LogP contribution in [0.1, 0.15) is 25.6 Å². The maximum absolute atomic E-state index is 6.09. The molecule has 0 radical (unpaired) electrons. The Kier molecular flexibility index (Phi) is 3.33. The Labute approximate surface area is 89.6 Å². The van der Waals surface area contributed by atoms with E-state index in [0.29, 0.717) is 0 Å². The van der Waals surface area contributed by atoms with Gasteiger partial charge in [-0.05, 0) is 19.8 Å². The van der Waals surface area contributed by atoms with Crippen molar-refractivity contribution in [1.29, 1.82) is 0 Å². The van der Waals surface area contributed by atoms with Crippen LogP contribution < -0.4 is 5.73 Å². The summed E-state index contributed by atoms with van der Waals surface area (Å²) < 4.78 is 7.44. The molecule has 2 N–H and O–H groups in total. The second-order valence-corrected chi connectivity index (χ2v) is 3.91. The Bertz CT molecular complexity index is 306. The van der Waals surface area contributed by atoms with E-state index in [1.165, 1.54) is 0 Å². The third-order valence-corrected chi connectivity index (χ3v) is 2.86. The molecule has 5 heteroatoms. The summed E-state index contributed by atoms with van der Waals surface area (Å²) in [6.45, 7) is 3.74. The highest BCUT2D eigenvalue weighted by atomic mass is 16.5. The molecule has 84 valence electrons. The molecular formula is C10H18N4O. The largest absolute Gasteiger partial charge is 0.377 e. The molecule has 1 aliphatic heterocycles. The van der Waals surface area contributed by atoms with Gasteiger partial charge >= 0.3 is 0 Å². The molecule has 2 heterocycles. The normalized spacial score (nSPS) is 23.2. The number of ether oxygens (including phenoxy) is 1. The average Bonchev–Trinajstić information content (AvgIpc) is 2.87. The summed E-state index contributed by atoms with van der Waals surface area (Å²) in [5.74, 6) is 0.959. The minimum atomic E-state index is 0.0435. The van der Waals surface area contributed by atoms with Crippen molar-refractivity contribution in [3.05, 3.63) is 12.2 Å². The molecule has 1 aromatic rings. The molecular weight excluding hydrogens is 192 g/mol. The Morgan fingerprint density at radius 3 is 3.27 bits per heavy atom. The van der Waals surface area contributed by atoms with E-state index in [2.05, 4.69) is 17.0 Å². The Hall–Kier alpha value is -0.940. The van der Waals surface area contributed by atoms with Gasteiger partial charge < -0.3 is 10.5 Å². The number of nitrogens with zero attached hydrogens (tertiary/aromatic N) is 3. The van der Waals surface area contributed by atoms with E-state index in [1.807, 2.05) is 4.68 Å². The van der Waals surface area contributed by atoms with Crippen LogP contribution in [0.5, 0.6) is 0 Å². The highest BCUT2D eigenvalue weighted by molar-refractivity contribution is 4.92. The average molecular weight is 210 g/mol. The van der Waals surface area contributed by atoms with E-state index in [4.69, 9.17) is 10.5 Å². The summed E-state index contributed by atoms with van der Waals surface area (Å²) in [7, 11) is 0. The highest BCUT2D eigenvalue weighted by Gasteiger charge is 2.24. The molecule has 0 aromatic carbocycles. The van der Waals surface area contributed by atoms with Gasteiger partial charge in [0.2, 0.25) is 0 Å². The minimum absolute atomic E-state index is 0.0435. The van der Waals surface area contributed by atoms with Gasteiger partial charge in [0.25, 0.3) is 0 Å². The van der Waals surface area contributed by atoms with Crippen molar-refractivity contribution < 1.29 is 4.74 Å². The first-order valence-electron chi connectivity index (χ1n) is 5.55. The predicted molar refractivity (Wildman–Crippen MR) is 56.3 cm³/mol. The van der Waals surface area contributed by atoms with Crippen LogP contribution in [0.3, 0.4) is 0 Å². The quantitative estimate of drug-likeness (QED) is 0.778. The third kappa shape index (κ3) is 2.35. The fourth-order valence-corrected chi connectivity index (χ4v) is 1.99. The summed E-state index contributed by atoms with van der Waals surface area (Å²) >= 11 is 0. The van der Waals surface area contributed by atoms with Crippen molar-refractivity contribution in [1.82, 2.24) is 14.8 Å². The van der Waals surface area contributed by atoms with Gasteiger partial charge in [-0.1, -0.05) is 0 Å². The van der Waals surface area contributed by atoms with E-state index < -0.39 is 0 Å². The first-order valence-corrected chi connectivity index (χ1v) is 5.55. The molecule has 15 heavy (non-hydrogen) atoms. The van der Waals surface area contributed by atoms with Gasteiger partial charge in [-0.2, -0.15) is 5.10 Å². The number of hydrogen-bond donors (Lipinski definition) is 1. The molecule has 2 rings (SSSR count). The smallest absolute Gasteiger partial charge is 0.138 e. The van der Waals surface area contributed by atoms with E-state index >= 15 is 0 Å². The van der Waals surface area contributed by atoms with Crippen molar-refractivity contribution in [2.45, 2.75) is 44.9 Å². The Morgan fingerprint density at radius 1 is 1.73 bits per heavy atom. The molecule has 1 saturated heterocycles. The van der Waals surface area contributed by atoms with E-state index in [0.717, 1.165) is 38.2 Å².